The topological polar surface area (TPSA) is 49.4 Å². The van der Waals surface area contributed by atoms with Crippen molar-refractivity contribution < 1.29 is 9.59 Å². The summed E-state index contributed by atoms with van der Waals surface area (Å²) in [5.41, 5.74) is 1.99. The SMILES string of the molecule is CC[C@H](C)NC(=O)[C@@H](C)N(Cc1ccc(Cl)cc1Cl)C(=O)CCSCc1ccccc1. The van der Waals surface area contributed by atoms with Crippen LogP contribution < -0.4 is 5.32 Å². The second kappa shape index (κ2) is 13.0. The van der Waals surface area contributed by atoms with Gasteiger partial charge in [0.1, 0.15) is 6.04 Å². The average molecular weight is 481 g/mol. The predicted molar refractivity (Wildman–Crippen MR) is 132 cm³/mol. The maximum absolute atomic E-state index is 13.1. The second-order valence-corrected chi connectivity index (χ2v) is 9.49. The van der Waals surface area contributed by atoms with E-state index in [9.17, 15) is 9.59 Å². The molecule has 0 unspecified atom stereocenters. The minimum absolute atomic E-state index is 0.0486. The molecular formula is C24H30Cl2N2O2S. The van der Waals surface area contributed by atoms with Crippen LogP contribution in [0.3, 0.4) is 0 Å². The molecule has 2 rings (SSSR count). The standard InChI is InChI=1S/C24H30Cl2N2O2S/c1-4-17(2)27-24(30)18(3)28(15-20-10-11-21(25)14-22(20)26)23(29)12-13-31-16-19-8-6-5-7-9-19/h5-11,14,17-18H,4,12-13,15-16H2,1-3H3,(H,27,30)/t17-,18+/m0/s1. The number of hydrogen-bond donors (Lipinski definition) is 1. The third-order valence-corrected chi connectivity index (χ3v) is 6.71. The van der Waals surface area contributed by atoms with Gasteiger partial charge in [-0.15, -0.1) is 0 Å². The van der Waals surface area contributed by atoms with Crippen LogP contribution in [0.2, 0.25) is 10.0 Å². The predicted octanol–water partition coefficient (Wildman–Crippen LogP) is 5.95. The van der Waals surface area contributed by atoms with Crippen molar-refractivity contribution in [3.05, 3.63) is 69.7 Å². The largest absolute Gasteiger partial charge is 0.352 e. The molecule has 7 heteroatoms. The molecule has 2 aromatic rings. The molecule has 0 aliphatic heterocycles. The van der Waals surface area contributed by atoms with Crippen LogP contribution in [0.15, 0.2) is 48.5 Å². The molecule has 2 atom stereocenters. The first kappa shape index (κ1) is 25.6. The van der Waals surface area contributed by atoms with Gasteiger partial charge in [0.05, 0.1) is 0 Å². The zero-order chi connectivity index (χ0) is 22.8. The lowest BCUT2D eigenvalue weighted by molar-refractivity contribution is -0.140. The van der Waals surface area contributed by atoms with E-state index in [1.807, 2.05) is 32.0 Å². The van der Waals surface area contributed by atoms with Crippen molar-refractivity contribution in [2.75, 3.05) is 5.75 Å². The fraction of sp³-hybridized carbons (Fsp3) is 0.417. The number of benzene rings is 2. The Balaban J connectivity index is 2.05. The molecule has 0 radical (unpaired) electrons. The Labute approximate surface area is 199 Å². The summed E-state index contributed by atoms with van der Waals surface area (Å²) in [6, 6.07) is 14.8. The molecule has 31 heavy (non-hydrogen) atoms. The molecule has 168 valence electrons. The molecule has 0 aliphatic carbocycles. The Morgan fingerprint density at radius 1 is 1.10 bits per heavy atom. The summed E-state index contributed by atoms with van der Waals surface area (Å²) in [6.45, 7) is 5.98. The van der Waals surface area contributed by atoms with E-state index < -0.39 is 6.04 Å². The van der Waals surface area contributed by atoms with Crippen molar-refractivity contribution in [3.8, 4) is 0 Å². The third-order valence-electron chi connectivity index (χ3n) is 5.10. The second-order valence-electron chi connectivity index (χ2n) is 7.54. The fourth-order valence-electron chi connectivity index (χ4n) is 2.95. The zero-order valence-corrected chi connectivity index (χ0v) is 20.6. The van der Waals surface area contributed by atoms with E-state index in [2.05, 4.69) is 17.4 Å². The van der Waals surface area contributed by atoms with Gasteiger partial charge in [-0.25, -0.2) is 0 Å². The fourth-order valence-corrected chi connectivity index (χ4v) is 4.31. The maximum atomic E-state index is 13.1. The van der Waals surface area contributed by atoms with Crippen LogP contribution in [0.5, 0.6) is 0 Å². The smallest absolute Gasteiger partial charge is 0.242 e. The van der Waals surface area contributed by atoms with Gasteiger partial charge in [-0.1, -0.05) is 66.5 Å². The molecule has 0 fully saturated rings. The molecule has 0 saturated carbocycles. The highest BCUT2D eigenvalue weighted by molar-refractivity contribution is 7.98. The summed E-state index contributed by atoms with van der Waals surface area (Å²) in [5.74, 6) is 1.29. The third kappa shape index (κ3) is 8.40. The number of carbonyl (C=O) groups is 2. The van der Waals surface area contributed by atoms with Gasteiger partial charge in [-0.3, -0.25) is 9.59 Å². The zero-order valence-electron chi connectivity index (χ0n) is 18.2. The van der Waals surface area contributed by atoms with Gasteiger partial charge >= 0.3 is 0 Å². The van der Waals surface area contributed by atoms with E-state index in [0.29, 0.717) is 22.2 Å². The molecule has 2 amide bonds. The van der Waals surface area contributed by atoms with E-state index in [1.54, 1.807) is 41.8 Å². The van der Waals surface area contributed by atoms with Crippen LogP contribution in [0.1, 0.15) is 44.7 Å². The number of nitrogens with one attached hydrogen (secondary N) is 1. The van der Waals surface area contributed by atoms with Crippen LogP contribution in [-0.4, -0.2) is 34.6 Å². The maximum Gasteiger partial charge on any atom is 0.242 e. The van der Waals surface area contributed by atoms with Gasteiger partial charge in [0.2, 0.25) is 11.8 Å². The average Bonchev–Trinajstić information content (AvgIpc) is 2.76. The molecule has 1 N–H and O–H groups in total. The summed E-state index contributed by atoms with van der Waals surface area (Å²) < 4.78 is 0. The quantitative estimate of drug-likeness (QED) is 0.404. The van der Waals surface area contributed by atoms with Gasteiger partial charge in [-0.2, -0.15) is 11.8 Å². The number of amides is 2. The van der Waals surface area contributed by atoms with Gasteiger partial charge in [0.15, 0.2) is 0 Å². The highest BCUT2D eigenvalue weighted by Crippen LogP contribution is 2.24. The summed E-state index contributed by atoms with van der Waals surface area (Å²) >= 11 is 14.0. The first-order chi connectivity index (χ1) is 14.8. The molecule has 2 aromatic carbocycles. The number of nitrogens with zero attached hydrogens (tertiary/aromatic N) is 1. The summed E-state index contributed by atoms with van der Waals surface area (Å²) in [7, 11) is 0. The van der Waals surface area contributed by atoms with Crippen molar-refractivity contribution in [1.82, 2.24) is 10.2 Å². The van der Waals surface area contributed by atoms with E-state index >= 15 is 0 Å². The lowest BCUT2D eigenvalue weighted by atomic mass is 10.1. The normalized spacial score (nSPS) is 12.8. The van der Waals surface area contributed by atoms with E-state index in [0.717, 1.165) is 17.7 Å². The van der Waals surface area contributed by atoms with E-state index in [-0.39, 0.29) is 24.4 Å². The van der Waals surface area contributed by atoms with Crippen molar-refractivity contribution in [2.24, 2.45) is 0 Å². The molecule has 0 saturated heterocycles. The van der Waals surface area contributed by atoms with Crippen LogP contribution in [0.4, 0.5) is 0 Å². The highest BCUT2D eigenvalue weighted by atomic mass is 35.5. The molecule has 0 bridgehead atoms. The molecule has 0 spiro atoms. The Bertz CT molecular complexity index is 864. The minimum atomic E-state index is -0.604. The minimum Gasteiger partial charge on any atom is -0.352 e. The van der Waals surface area contributed by atoms with Crippen LogP contribution in [-0.2, 0) is 21.9 Å². The number of rotatable bonds is 11. The van der Waals surface area contributed by atoms with Crippen molar-refractivity contribution in [3.63, 3.8) is 0 Å². The molecule has 0 aliphatic rings. The number of carbonyl (C=O) groups excluding carboxylic acids is 2. The van der Waals surface area contributed by atoms with Crippen LogP contribution >= 0.6 is 35.0 Å². The summed E-state index contributed by atoms with van der Waals surface area (Å²) in [6.07, 6.45) is 1.18. The van der Waals surface area contributed by atoms with Gasteiger partial charge in [-0.05, 0) is 43.5 Å². The van der Waals surface area contributed by atoms with Crippen molar-refractivity contribution >= 4 is 46.8 Å². The van der Waals surface area contributed by atoms with Gasteiger partial charge in [0, 0.05) is 40.6 Å². The number of thioether (sulfide) groups is 1. The first-order valence-corrected chi connectivity index (χ1v) is 12.4. The first-order valence-electron chi connectivity index (χ1n) is 10.5. The van der Waals surface area contributed by atoms with E-state index in [1.165, 1.54) is 5.56 Å². The van der Waals surface area contributed by atoms with Crippen molar-refractivity contribution in [2.45, 2.75) is 58.0 Å². The molecular weight excluding hydrogens is 451 g/mol. The Morgan fingerprint density at radius 3 is 2.45 bits per heavy atom. The Kier molecular flexibility index (Phi) is 10.7. The molecule has 4 nitrogen and oxygen atoms in total. The Hall–Kier alpha value is -1.69. The monoisotopic (exact) mass is 480 g/mol. The van der Waals surface area contributed by atoms with Crippen LogP contribution in [0, 0.1) is 0 Å². The summed E-state index contributed by atoms with van der Waals surface area (Å²) in [5, 5.41) is 3.99. The highest BCUT2D eigenvalue weighted by Gasteiger charge is 2.27. The summed E-state index contributed by atoms with van der Waals surface area (Å²) in [4.78, 5) is 27.4. The lowest BCUT2D eigenvalue weighted by Crippen LogP contribution is -2.49. The lowest BCUT2D eigenvalue weighted by Gasteiger charge is -2.30. The molecule has 0 aromatic heterocycles. The Morgan fingerprint density at radius 2 is 1.81 bits per heavy atom. The molecule has 0 heterocycles. The number of hydrogen-bond acceptors (Lipinski definition) is 3. The van der Waals surface area contributed by atoms with Crippen molar-refractivity contribution in [1.29, 1.82) is 0 Å². The number of halogens is 2. The van der Waals surface area contributed by atoms with E-state index in [4.69, 9.17) is 23.2 Å². The van der Waals surface area contributed by atoms with Crippen LogP contribution in [0.25, 0.3) is 0 Å². The van der Waals surface area contributed by atoms with Gasteiger partial charge < -0.3 is 10.2 Å². The van der Waals surface area contributed by atoms with Gasteiger partial charge in [0.25, 0.3) is 0 Å².